The van der Waals surface area contributed by atoms with Crippen LogP contribution in [0.25, 0.3) is 0 Å². The molecule has 0 spiro atoms. The first-order valence-electron chi connectivity index (χ1n) is 10.9. The van der Waals surface area contributed by atoms with Crippen LogP contribution in [0.2, 0.25) is 0 Å². The summed E-state index contributed by atoms with van der Waals surface area (Å²) in [5.41, 5.74) is 26.1. The summed E-state index contributed by atoms with van der Waals surface area (Å²) < 4.78 is 0. The zero-order chi connectivity index (χ0) is 28.7. The molecule has 0 bridgehead atoms. The van der Waals surface area contributed by atoms with Gasteiger partial charge in [-0.3, -0.25) is 33.8 Å². The second-order valence-electron chi connectivity index (χ2n) is 7.85. The number of nitrogens with one attached hydrogen (secondary N) is 3. The van der Waals surface area contributed by atoms with Gasteiger partial charge >= 0.3 is 11.9 Å². The molecule has 18 heteroatoms. The van der Waals surface area contributed by atoms with Gasteiger partial charge in [-0.25, -0.2) is 4.79 Å². The Morgan fingerprint density at radius 1 is 0.703 bits per heavy atom. The summed E-state index contributed by atoms with van der Waals surface area (Å²) in [4.78, 5) is 86.2. The van der Waals surface area contributed by atoms with Crippen LogP contribution >= 0.6 is 0 Å². The van der Waals surface area contributed by atoms with Crippen molar-refractivity contribution in [1.82, 2.24) is 16.0 Å². The third-order valence-electron chi connectivity index (χ3n) is 4.64. The maximum Gasteiger partial charge on any atom is 0.326 e. The Balaban J connectivity index is 5.72. The summed E-state index contributed by atoms with van der Waals surface area (Å²) in [6, 6.07) is -6.05. The molecular weight excluding hydrogens is 498 g/mol. The Morgan fingerprint density at radius 3 is 1.65 bits per heavy atom. The van der Waals surface area contributed by atoms with Gasteiger partial charge in [0.05, 0.1) is 18.9 Å². The van der Waals surface area contributed by atoms with E-state index < -0.39 is 91.3 Å². The number of hydrogen-bond acceptors (Lipinski definition) is 9. The number of carboxylic acids is 2. The number of hydrogen-bond donors (Lipinski definition) is 10. The molecule has 15 N–H and O–H groups in total. The minimum atomic E-state index is -1.74. The van der Waals surface area contributed by atoms with Crippen molar-refractivity contribution >= 4 is 47.4 Å². The van der Waals surface area contributed by atoms with Gasteiger partial charge in [0, 0.05) is 13.0 Å². The van der Waals surface area contributed by atoms with Gasteiger partial charge in [0.15, 0.2) is 5.96 Å². The fourth-order valence-corrected chi connectivity index (χ4v) is 2.84. The number of nitrogens with zero attached hydrogens (tertiary/aromatic N) is 1. The molecule has 0 aromatic carbocycles. The van der Waals surface area contributed by atoms with Crippen LogP contribution < -0.4 is 44.6 Å². The highest BCUT2D eigenvalue weighted by Crippen LogP contribution is 2.05. The van der Waals surface area contributed by atoms with Gasteiger partial charge in [0.1, 0.15) is 18.1 Å². The summed E-state index contributed by atoms with van der Waals surface area (Å²) in [6.45, 7) is 0.0612. The highest BCUT2D eigenvalue weighted by atomic mass is 16.4. The van der Waals surface area contributed by atoms with E-state index in [4.69, 9.17) is 33.8 Å². The van der Waals surface area contributed by atoms with Crippen LogP contribution in [0.3, 0.4) is 0 Å². The van der Waals surface area contributed by atoms with Crippen molar-refractivity contribution < 1.29 is 43.8 Å². The van der Waals surface area contributed by atoms with Crippen molar-refractivity contribution in [2.24, 2.45) is 33.7 Å². The number of nitrogens with two attached hydrogens (primary N) is 5. The fourth-order valence-electron chi connectivity index (χ4n) is 2.84. The zero-order valence-corrected chi connectivity index (χ0v) is 19.8. The number of carbonyl (C=O) groups excluding carboxylic acids is 5. The number of carboxylic acid groups (broad SMARTS) is 2. The summed E-state index contributed by atoms with van der Waals surface area (Å²) in [7, 11) is 0. The minimum absolute atomic E-state index is 0.0612. The molecule has 0 fully saturated rings. The second-order valence-corrected chi connectivity index (χ2v) is 7.85. The van der Waals surface area contributed by atoms with Crippen molar-refractivity contribution in [1.29, 1.82) is 0 Å². The summed E-state index contributed by atoms with van der Waals surface area (Å²) in [5, 5.41) is 24.7. The summed E-state index contributed by atoms with van der Waals surface area (Å²) in [5.74, 6) is -8.03. The van der Waals surface area contributed by atoms with Gasteiger partial charge in [-0.1, -0.05) is 0 Å². The van der Waals surface area contributed by atoms with Gasteiger partial charge < -0.3 is 54.8 Å². The van der Waals surface area contributed by atoms with Gasteiger partial charge in [0.25, 0.3) is 0 Å². The number of aliphatic imine (C=N–C) groups is 1. The molecule has 0 aliphatic rings. The lowest BCUT2D eigenvalue weighted by molar-refractivity contribution is -0.144. The first-order chi connectivity index (χ1) is 17.1. The van der Waals surface area contributed by atoms with Crippen LogP contribution in [0.1, 0.15) is 38.5 Å². The molecule has 0 heterocycles. The van der Waals surface area contributed by atoms with E-state index in [0.717, 1.165) is 0 Å². The number of amides is 5. The topological polar surface area (TPSA) is 338 Å². The van der Waals surface area contributed by atoms with Crippen molar-refractivity contribution in [3.63, 3.8) is 0 Å². The van der Waals surface area contributed by atoms with E-state index in [-0.39, 0.29) is 25.3 Å². The van der Waals surface area contributed by atoms with E-state index in [1.54, 1.807) is 0 Å². The van der Waals surface area contributed by atoms with Crippen LogP contribution in [0.5, 0.6) is 0 Å². The number of aliphatic carboxylic acids is 2. The standard InChI is InChI=1S/C19H33N9O9/c20-8(6-12(21)29)15(33)26-9(2-1-5-25-19(23)24)16(34)27-10(3-4-14(31)32)17(35)28-11(18(36)37)7-13(22)30/h8-11H,1-7,20H2,(H2,21,29)(H2,22,30)(H,26,33)(H,27,34)(H,28,35)(H,31,32)(H,36,37)(H4,23,24,25). The number of primary amides is 2. The predicted molar refractivity (Wildman–Crippen MR) is 126 cm³/mol. The molecule has 37 heavy (non-hydrogen) atoms. The molecule has 0 aliphatic carbocycles. The van der Waals surface area contributed by atoms with Crippen molar-refractivity contribution in [3.8, 4) is 0 Å². The molecule has 0 aromatic rings. The quantitative estimate of drug-likeness (QED) is 0.0449. The SMILES string of the molecule is NC(=O)CC(N)C(=O)NC(CCCN=C(N)N)C(=O)NC(CCC(=O)O)C(=O)NC(CC(N)=O)C(=O)O. The van der Waals surface area contributed by atoms with E-state index in [0.29, 0.717) is 0 Å². The summed E-state index contributed by atoms with van der Waals surface area (Å²) in [6.07, 6.45) is -2.27. The maximum atomic E-state index is 12.9. The van der Waals surface area contributed by atoms with E-state index in [2.05, 4.69) is 15.6 Å². The van der Waals surface area contributed by atoms with Crippen molar-refractivity contribution in [3.05, 3.63) is 0 Å². The van der Waals surface area contributed by atoms with E-state index >= 15 is 0 Å². The Hall–Kier alpha value is -4.48. The van der Waals surface area contributed by atoms with Gasteiger partial charge in [-0.2, -0.15) is 0 Å². The monoisotopic (exact) mass is 531 g/mol. The molecule has 4 unspecified atom stereocenters. The first-order valence-corrected chi connectivity index (χ1v) is 10.9. The summed E-state index contributed by atoms with van der Waals surface area (Å²) >= 11 is 0. The Bertz CT molecular complexity index is 905. The van der Waals surface area contributed by atoms with Gasteiger partial charge in [0.2, 0.25) is 29.5 Å². The van der Waals surface area contributed by atoms with Crippen LogP contribution in [-0.4, -0.2) is 88.4 Å². The lowest BCUT2D eigenvalue weighted by atomic mass is 10.1. The highest BCUT2D eigenvalue weighted by molar-refractivity contribution is 5.95. The lowest BCUT2D eigenvalue weighted by Gasteiger charge is -2.24. The minimum Gasteiger partial charge on any atom is -0.481 e. The fraction of sp³-hybridized carbons (Fsp3) is 0.579. The molecule has 4 atom stereocenters. The zero-order valence-electron chi connectivity index (χ0n) is 19.8. The average molecular weight is 532 g/mol. The van der Waals surface area contributed by atoms with Crippen LogP contribution in [0.4, 0.5) is 0 Å². The Kier molecular flexibility index (Phi) is 14.3. The molecule has 0 saturated carbocycles. The smallest absolute Gasteiger partial charge is 0.326 e. The molecule has 0 aliphatic heterocycles. The molecule has 0 radical (unpaired) electrons. The number of carbonyl (C=O) groups is 7. The lowest BCUT2D eigenvalue weighted by Crippen LogP contribution is -2.57. The van der Waals surface area contributed by atoms with Gasteiger partial charge in [-0.05, 0) is 19.3 Å². The molecular formula is C19H33N9O9. The second kappa shape index (κ2) is 16.2. The maximum absolute atomic E-state index is 12.9. The van der Waals surface area contributed by atoms with Crippen LogP contribution in [0.15, 0.2) is 4.99 Å². The van der Waals surface area contributed by atoms with Crippen LogP contribution in [0, 0.1) is 0 Å². The highest BCUT2D eigenvalue weighted by Gasteiger charge is 2.31. The van der Waals surface area contributed by atoms with Crippen molar-refractivity contribution in [2.75, 3.05) is 6.54 Å². The largest absolute Gasteiger partial charge is 0.481 e. The Morgan fingerprint density at radius 2 is 1.19 bits per heavy atom. The molecule has 0 rings (SSSR count). The number of guanidine groups is 1. The predicted octanol–water partition coefficient (Wildman–Crippen LogP) is -5.48. The van der Waals surface area contributed by atoms with E-state index in [1.807, 2.05) is 5.32 Å². The molecule has 208 valence electrons. The molecule has 5 amide bonds. The van der Waals surface area contributed by atoms with Crippen LogP contribution in [-0.2, 0) is 33.6 Å². The van der Waals surface area contributed by atoms with Crippen molar-refractivity contribution in [2.45, 2.75) is 62.7 Å². The average Bonchev–Trinajstić information content (AvgIpc) is 2.76. The van der Waals surface area contributed by atoms with E-state index in [1.165, 1.54) is 0 Å². The first kappa shape index (κ1) is 32.5. The Labute approximate surface area is 210 Å². The van der Waals surface area contributed by atoms with E-state index in [9.17, 15) is 38.7 Å². The number of rotatable bonds is 18. The molecule has 0 saturated heterocycles. The van der Waals surface area contributed by atoms with Gasteiger partial charge in [-0.15, -0.1) is 0 Å². The molecule has 18 nitrogen and oxygen atoms in total. The third-order valence-corrected chi connectivity index (χ3v) is 4.64. The third kappa shape index (κ3) is 14.5. The molecule has 0 aromatic heterocycles. The normalized spacial score (nSPS) is 13.6.